The minimum atomic E-state index is 1.24. The van der Waals surface area contributed by atoms with Crippen LogP contribution in [0.25, 0.3) is 0 Å². The van der Waals surface area contributed by atoms with Crippen molar-refractivity contribution in [2.45, 2.75) is 44.9 Å². The van der Waals surface area contributed by atoms with Gasteiger partial charge in [-0.05, 0) is 44.9 Å². The first kappa shape index (κ1) is 9.57. The second-order valence-electron chi connectivity index (χ2n) is 3.35. The van der Waals surface area contributed by atoms with Gasteiger partial charge in [0.25, 0.3) is 0 Å². The Balaban J connectivity index is 2.19. The van der Waals surface area contributed by atoms with Gasteiger partial charge in [-0.25, -0.2) is 0 Å². The van der Waals surface area contributed by atoms with Crippen molar-refractivity contribution in [2.75, 3.05) is 0 Å². The Morgan fingerprint density at radius 1 is 0.583 bits per heavy atom. The molecule has 0 fully saturated rings. The Morgan fingerprint density at radius 2 is 1.25 bits per heavy atom. The van der Waals surface area contributed by atoms with Crippen molar-refractivity contribution in [3.8, 4) is 0 Å². The molecule has 0 aromatic heterocycles. The van der Waals surface area contributed by atoms with E-state index in [9.17, 15) is 0 Å². The van der Waals surface area contributed by atoms with E-state index in [0.29, 0.717) is 0 Å². The van der Waals surface area contributed by atoms with E-state index in [1.54, 1.807) is 0 Å². The summed E-state index contributed by atoms with van der Waals surface area (Å²) in [4.78, 5) is 0. The molecule has 1 radical (unpaired) electrons. The smallest absolute Gasteiger partial charge is 0.0171 e. The molecule has 12 heavy (non-hydrogen) atoms. The van der Waals surface area contributed by atoms with Gasteiger partial charge in [-0.3, -0.25) is 0 Å². The van der Waals surface area contributed by atoms with E-state index < -0.39 is 0 Å². The molecule has 0 amide bonds. The van der Waals surface area contributed by atoms with Crippen LogP contribution in [0.5, 0.6) is 0 Å². The zero-order valence-corrected chi connectivity index (χ0v) is 7.84. The average Bonchev–Trinajstić information content (AvgIpc) is 2.05. The van der Waals surface area contributed by atoms with E-state index in [1.807, 2.05) is 0 Å². The summed E-state index contributed by atoms with van der Waals surface area (Å²) < 4.78 is 0. The third kappa shape index (κ3) is 5.17. The molecule has 0 saturated heterocycles. The lowest BCUT2D eigenvalue weighted by molar-refractivity contribution is 0.741. The number of allylic oxidation sites excluding steroid dienone is 4. The monoisotopic (exact) mass is 163 g/mol. The molecule has 0 unspecified atom stereocenters. The van der Waals surface area contributed by atoms with E-state index in [1.165, 1.54) is 44.9 Å². The van der Waals surface area contributed by atoms with Gasteiger partial charge in [0, 0.05) is 0 Å². The molecule has 0 atom stereocenters. The van der Waals surface area contributed by atoms with Crippen molar-refractivity contribution >= 4 is 0 Å². The van der Waals surface area contributed by atoms with Crippen LogP contribution in [0.3, 0.4) is 0 Å². The summed E-state index contributed by atoms with van der Waals surface area (Å²) in [5.74, 6) is 0. The Kier molecular flexibility index (Phi) is 5.70. The summed E-state index contributed by atoms with van der Waals surface area (Å²) in [6, 6.07) is 0. The van der Waals surface area contributed by atoms with Crippen molar-refractivity contribution in [1.82, 2.24) is 0 Å². The highest BCUT2D eigenvalue weighted by atomic mass is 13.9. The highest BCUT2D eigenvalue weighted by Crippen LogP contribution is 2.07. The molecular weight excluding hydrogens is 144 g/mol. The maximum atomic E-state index is 2.34. The highest BCUT2D eigenvalue weighted by Gasteiger charge is 1.88. The van der Waals surface area contributed by atoms with Gasteiger partial charge in [-0.1, -0.05) is 30.7 Å². The molecule has 0 aliphatic heterocycles. The fourth-order valence-electron chi connectivity index (χ4n) is 1.40. The lowest BCUT2D eigenvalue weighted by atomic mass is 10.1. The van der Waals surface area contributed by atoms with Gasteiger partial charge in [0.05, 0.1) is 0 Å². The van der Waals surface area contributed by atoms with Gasteiger partial charge < -0.3 is 0 Å². The fraction of sp³-hybridized carbons (Fsp3) is 0.583. The second kappa shape index (κ2) is 7.15. The van der Waals surface area contributed by atoms with Crippen molar-refractivity contribution in [3.05, 3.63) is 30.7 Å². The minimum Gasteiger partial charge on any atom is -0.0885 e. The third-order valence-electron chi connectivity index (χ3n) is 2.17. The maximum Gasteiger partial charge on any atom is -0.0171 e. The average molecular weight is 163 g/mol. The van der Waals surface area contributed by atoms with E-state index in [0.717, 1.165) is 0 Å². The lowest BCUT2D eigenvalue weighted by Crippen LogP contribution is -1.78. The van der Waals surface area contributed by atoms with E-state index in [4.69, 9.17) is 0 Å². The van der Waals surface area contributed by atoms with Gasteiger partial charge in [0.2, 0.25) is 0 Å². The zero-order chi connectivity index (χ0) is 8.49. The summed E-state index contributed by atoms with van der Waals surface area (Å²) in [7, 11) is 0. The van der Waals surface area contributed by atoms with Crippen LogP contribution < -0.4 is 0 Å². The van der Waals surface area contributed by atoms with Crippen LogP contribution in [-0.2, 0) is 0 Å². The van der Waals surface area contributed by atoms with Gasteiger partial charge in [0.1, 0.15) is 0 Å². The normalized spacial score (nSPS) is 26.7. The zero-order valence-electron chi connectivity index (χ0n) is 7.84. The van der Waals surface area contributed by atoms with Gasteiger partial charge in [-0.2, -0.15) is 0 Å². The predicted octanol–water partition coefficient (Wildman–Crippen LogP) is 4.05. The van der Waals surface area contributed by atoms with Crippen LogP contribution in [0.15, 0.2) is 24.3 Å². The second-order valence-corrected chi connectivity index (χ2v) is 3.35. The molecule has 0 nitrogen and oxygen atoms in total. The van der Waals surface area contributed by atoms with E-state index in [-0.39, 0.29) is 0 Å². The van der Waals surface area contributed by atoms with Crippen LogP contribution in [-0.4, -0.2) is 0 Å². The standard InChI is InChI=1S/C12H19/c1-2-4-6-8-10-12-11-9-7-5-3-1/h1-3,10,12H,4-9,11H2/b2-1-,12-10+. The number of hydrogen-bond donors (Lipinski definition) is 0. The van der Waals surface area contributed by atoms with Gasteiger partial charge in [0.15, 0.2) is 0 Å². The van der Waals surface area contributed by atoms with E-state index in [2.05, 4.69) is 30.7 Å². The van der Waals surface area contributed by atoms with E-state index >= 15 is 0 Å². The molecule has 1 rings (SSSR count). The van der Waals surface area contributed by atoms with Crippen LogP contribution in [0.4, 0.5) is 0 Å². The lowest BCUT2D eigenvalue weighted by Gasteiger charge is -1.97. The van der Waals surface area contributed by atoms with Crippen molar-refractivity contribution in [3.63, 3.8) is 0 Å². The topological polar surface area (TPSA) is 0 Å². The molecule has 0 heterocycles. The largest absolute Gasteiger partial charge is 0.0885 e. The summed E-state index contributed by atoms with van der Waals surface area (Å²) >= 11 is 0. The summed E-state index contributed by atoms with van der Waals surface area (Å²) in [5.41, 5.74) is 0. The molecule has 0 saturated carbocycles. The summed E-state index contributed by atoms with van der Waals surface area (Å²) in [6.07, 6.45) is 20.5. The number of rotatable bonds is 0. The van der Waals surface area contributed by atoms with Crippen molar-refractivity contribution in [1.29, 1.82) is 0 Å². The van der Waals surface area contributed by atoms with Crippen LogP contribution in [0.2, 0.25) is 0 Å². The van der Waals surface area contributed by atoms with Gasteiger partial charge >= 0.3 is 0 Å². The summed E-state index contributed by atoms with van der Waals surface area (Å²) in [5, 5.41) is 0. The van der Waals surface area contributed by atoms with Crippen LogP contribution in [0, 0.1) is 6.42 Å². The SMILES string of the molecule is [CH]1/C=C\CCC/C=C/CCCC1. The first-order chi connectivity index (χ1) is 6.00. The molecular formula is C12H19. The first-order valence-corrected chi connectivity index (χ1v) is 5.13. The molecule has 0 bridgehead atoms. The Labute approximate surface area is 76.4 Å². The third-order valence-corrected chi connectivity index (χ3v) is 2.17. The van der Waals surface area contributed by atoms with Crippen molar-refractivity contribution < 1.29 is 0 Å². The maximum absolute atomic E-state index is 2.34. The Bertz CT molecular complexity index is 126. The van der Waals surface area contributed by atoms with Crippen LogP contribution in [0.1, 0.15) is 44.9 Å². The first-order valence-electron chi connectivity index (χ1n) is 5.13. The molecule has 1 aliphatic carbocycles. The Hall–Kier alpha value is -0.520. The number of hydrogen-bond acceptors (Lipinski definition) is 0. The predicted molar refractivity (Wildman–Crippen MR) is 54.9 cm³/mol. The fourth-order valence-corrected chi connectivity index (χ4v) is 1.40. The molecule has 0 aromatic carbocycles. The molecule has 1 aliphatic rings. The van der Waals surface area contributed by atoms with Gasteiger partial charge in [-0.15, -0.1) is 0 Å². The highest BCUT2D eigenvalue weighted by molar-refractivity contribution is 4.95. The molecule has 0 spiro atoms. The molecule has 0 N–H and O–H groups in total. The quantitative estimate of drug-likeness (QED) is 0.473. The molecule has 0 aromatic rings. The van der Waals surface area contributed by atoms with Crippen molar-refractivity contribution in [2.24, 2.45) is 0 Å². The van der Waals surface area contributed by atoms with Crippen LogP contribution >= 0.6 is 0 Å². The minimum absolute atomic E-state index is 1.24. The molecule has 67 valence electrons. The Morgan fingerprint density at radius 3 is 2.17 bits per heavy atom. The summed E-state index contributed by atoms with van der Waals surface area (Å²) in [6.45, 7) is 0. The molecule has 0 heteroatoms.